The smallest absolute Gasteiger partial charge is 0.255 e. The third kappa shape index (κ3) is 10.8. The lowest BCUT2D eigenvalue weighted by atomic mass is 9.77. The number of imide groups is 1. The van der Waals surface area contributed by atoms with Gasteiger partial charge in [-0.1, -0.05) is 48.3 Å². The van der Waals surface area contributed by atoms with Crippen molar-refractivity contribution in [2.45, 2.75) is 69.9 Å². The van der Waals surface area contributed by atoms with Crippen LogP contribution in [0.15, 0.2) is 66.7 Å². The van der Waals surface area contributed by atoms with E-state index in [0.29, 0.717) is 42.2 Å². The number of nitrogens with one attached hydrogen (secondary N) is 2. The van der Waals surface area contributed by atoms with E-state index in [2.05, 4.69) is 36.2 Å². The highest BCUT2D eigenvalue weighted by molar-refractivity contribution is 7.74. The van der Waals surface area contributed by atoms with Crippen LogP contribution in [0.2, 0.25) is 5.02 Å². The molecule has 1 saturated heterocycles. The van der Waals surface area contributed by atoms with Crippen molar-refractivity contribution < 1.29 is 46.7 Å². The third-order valence-electron chi connectivity index (χ3n) is 9.74. The van der Waals surface area contributed by atoms with Crippen LogP contribution >= 0.6 is 24.4 Å². The van der Waals surface area contributed by atoms with Crippen LogP contribution in [0.25, 0.3) is 0 Å². The summed E-state index contributed by atoms with van der Waals surface area (Å²) in [6.07, 6.45) is -0.317. The standard InChI is InChI=1S/C40H44ClF2N5O7S/c1-25(13-16-45-48(4,52)56)24-55-30-7-5-28(6-8-30)39(2,3)29-19-26(22-44)36(33(41)21-29)54-18-15-40(42,43)14-17-53-31-9-10-32-27(20-31)23-47(38(32)51)34-11-12-35(49)46-37(34)50/h5-10,19-21,34,45,52,56H,1,11-18,23-24H2,2-4H3/p+1. The van der Waals surface area contributed by atoms with E-state index in [1.54, 1.807) is 24.3 Å². The molecule has 0 radical (unpaired) electrons. The molecule has 2 aliphatic rings. The number of nitrogens with zero attached hydrogens (tertiary/aromatic N) is 3. The van der Waals surface area contributed by atoms with E-state index in [4.69, 9.17) is 25.8 Å². The topological polar surface area (TPSA) is 150 Å². The molecule has 3 N–H and O–H groups in total. The summed E-state index contributed by atoms with van der Waals surface area (Å²) in [4.78, 5) is 38.1. The minimum Gasteiger partial charge on any atom is -0.493 e. The molecular formula is C40H45ClF2N5O7S+. The third-order valence-corrected chi connectivity index (χ3v) is 10.2. The van der Waals surface area contributed by atoms with Gasteiger partial charge in [0.2, 0.25) is 11.8 Å². The van der Waals surface area contributed by atoms with Gasteiger partial charge in [-0.3, -0.25) is 19.7 Å². The minimum atomic E-state index is -3.16. The molecular weight excluding hydrogens is 768 g/mol. The molecule has 0 bridgehead atoms. The van der Waals surface area contributed by atoms with Crippen molar-refractivity contribution in [3.05, 3.63) is 99.6 Å². The number of quaternary nitrogens is 1. The van der Waals surface area contributed by atoms with E-state index >= 15 is 0 Å². The molecule has 3 aromatic rings. The maximum Gasteiger partial charge on any atom is 0.255 e. The number of hydrogen-bond acceptors (Lipinski definition) is 10. The van der Waals surface area contributed by atoms with E-state index < -0.39 is 46.9 Å². The largest absolute Gasteiger partial charge is 0.493 e. The van der Waals surface area contributed by atoms with Gasteiger partial charge in [-0.15, -0.1) is 5.43 Å². The number of ether oxygens (including phenoxy) is 3. The Morgan fingerprint density at radius 3 is 2.41 bits per heavy atom. The number of alkyl halides is 2. The highest BCUT2D eigenvalue weighted by Gasteiger charge is 2.39. The van der Waals surface area contributed by atoms with Gasteiger partial charge < -0.3 is 19.1 Å². The van der Waals surface area contributed by atoms with E-state index in [1.165, 1.54) is 18.0 Å². The summed E-state index contributed by atoms with van der Waals surface area (Å²) in [5.41, 5.74) is 5.78. The Bertz CT molecular complexity index is 2020. The van der Waals surface area contributed by atoms with Gasteiger partial charge in [-0.2, -0.15) is 10.5 Å². The number of rotatable bonds is 18. The lowest BCUT2D eigenvalue weighted by molar-refractivity contribution is -1.01. The molecule has 0 aliphatic carbocycles. The molecule has 5 rings (SSSR count). The fraction of sp³-hybridized carbons (Fsp3) is 0.400. The molecule has 0 saturated carbocycles. The predicted octanol–water partition coefficient (Wildman–Crippen LogP) is 6.68. The van der Waals surface area contributed by atoms with Crippen molar-refractivity contribution in [3.8, 4) is 23.3 Å². The van der Waals surface area contributed by atoms with Crippen LogP contribution in [0.3, 0.4) is 0 Å². The van der Waals surface area contributed by atoms with Crippen molar-refractivity contribution in [1.82, 2.24) is 15.6 Å². The fourth-order valence-corrected chi connectivity index (χ4v) is 6.78. The molecule has 3 aromatic carbocycles. The number of nitriles is 1. The van der Waals surface area contributed by atoms with Crippen molar-refractivity contribution >= 4 is 42.1 Å². The van der Waals surface area contributed by atoms with Gasteiger partial charge in [0.05, 0.1) is 30.3 Å². The maximum atomic E-state index is 14.9. The first kappa shape index (κ1) is 42.4. The van der Waals surface area contributed by atoms with Gasteiger partial charge in [-0.05, 0) is 77.6 Å². The Balaban J connectivity index is 1.11. The summed E-state index contributed by atoms with van der Waals surface area (Å²) in [6.45, 7) is 8.13. The zero-order valence-electron chi connectivity index (χ0n) is 31.4. The van der Waals surface area contributed by atoms with Crippen LogP contribution < -0.4 is 25.0 Å². The first-order chi connectivity index (χ1) is 26.4. The molecule has 2 atom stereocenters. The normalized spacial score (nSPS) is 16.8. The van der Waals surface area contributed by atoms with Crippen molar-refractivity contribution in [3.63, 3.8) is 0 Å². The van der Waals surface area contributed by atoms with Crippen molar-refractivity contribution in [1.29, 1.82) is 5.26 Å². The van der Waals surface area contributed by atoms with E-state index in [1.807, 2.05) is 38.1 Å². The average molecular weight is 813 g/mol. The summed E-state index contributed by atoms with van der Waals surface area (Å²) in [5.74, 6) is -3.43. The van der Waals surface area contributed by atoms with Crippen molar-refractivity contribution in [2.24, 2.45) is 0 Å². The first-order valence-corrected chi connectivity index (χ1v) is 18.8. The van der Waals surface area contributed by atoms with Crippen LogP contribution in [-0.2, 0) is 21.5 Å². The van der Waals surface area contributed by atoms with Gasteiger partial charge in [-0.25, -0.2) is 8.78 Å². The number of piperidine rings is 1. The fourth-order valence-electron chi connectivity index (χ4n) is 6.41. The monoisotopic (exact) mass is 812 g/mol. The van der Waals surface area contributed by atoms with Crippen LogP contribution in [0.4, 0.5) is 8.78 Å². The second-order valence-electron chi connectivity index (χ2n) is 14.5. The summed E-state index contributed by atoms with van der Waals surface area (Å²) < 4.78 is 46.3. The number of hydrogen-bond donors (Lipinski definition) is 4. The van der Waals surface area contributed by atoms with Crippen LogP contribution in [0.1, 0.15) is 78.6 Å². The maximum absolute atomic E-state index is 14.9. The van der Waals surface area contributed by atoms with Gasteiger partial charge in [0.1, 0.15) is 50.1 Å². The van der Waals surface area contributed by atoms with Crippen LogP contribution in [0, 0.1) is 11.3 Å². The molecule has 0 aromatic heterocycles. The lowest BCUT2D eigenvalue weighted by Crippen LogP contribution is -2.52. The van der Waals surface area contributed by atoms with Crippen LogP contribution in [0.5, 0.6) is 17.2 Å². The quantitative estimate of drug-likeness (QED) is 0.0363. The Labute approximate surface area is 335 Å². The number of carbonyl (C=O) groups excluding carboxylic acids is 3. The minimum absolute atomic E-state index is 0.0240. The van der Waals surface area contributed by atoms with Gasteiger partial charge in [0.15, 0.2) is 5.75 Å². The van der Waals surface area contributed by atoms with E-state index in [0.717, 1.165) is 16.7 Å². The van der Waals surface area contributed by atoms with E-state index in [-0.39, 0.29) is 54.1 Å². The highest BCUT2D eigenvalue weighted by Crippen LogP contribution is 2.39. The lowest BCUT2D eigenvalue weighted by Gasteiger charge is -2.29. The molecule has 298 valence electrons. The van der Waals surface area contributed by atoms with E-state index in [9.17, 15) is 33.6 Å². The molecule has 3 amide bonds. The Hall–Kier alpha value is -4.72. The Kier molecular flexibility index (Phi) is 13.3. The molecule has 56 heavy (non-hydrogen) atoms. The van der Waals surface area contributed by atoms with Gasteiger partial charge in [0.25, 0.3) is 11.8 Å². The molecule has 12 nitrogen and oxygen atoms in total. The molecule has 2 aliphatic heterocycles. The second kappa shape index (κ2) is 17.6. The number of fused-ring (bicyclic) bond motifs is 1. The number of carbonyl (C=O) groups is 3. The number of amides is 3. The summed E-state index contributed by atoms with van der Waals surface area (Å²) in [5, 5.41) is 21.9. The molecule has 0 spiro atoms. The van der Waals surface area contributed by atoms with Gasteiger partial charge in [0, 0.05) is 36.8 Å². The number of hydroxylamine groups is 1. The Morgan fingerprint density at radius 1 is 1.07 bits per heavy atom. The first-order valence-electron chi connectivity index (χ1n) is 18.0. The summed E-state index contributed by atoms with van der Waals surface area (Å²) in [7, 11) is 1.47. The molecule has 1 fully saturated rings. The number of benzene rings is 3. The summed E-state index contributed by atoms with van der Waals surface area (Å²) >= 11 is 10.5. The van der Waals surface area contributed by atoms with Gasteiger partial charge >= 0.3 is 0 Å². The number of thiol groups is 1. The molecule has 2 heterocycles. The SMILES string of the molecule is C=C(CCN[N+](C)(O)S)COc1ccc(C(C)(C)c2cc(Cl)c(OCCC(F)(F)CCOc3ccc4c(c3)CN(C3CCC(=O)NC3=O)C4=O)c(C#N)c2)cc1. The predicted molar refractivity (Wildman–Crippen MR) is 207 cm³/mol. The zero-order chi connectivity index (χ0) is 40.8. The zero-order valence-corrected chi connectivity index (χ0v) is 33.0. The summed E-state index contributed by atoms with van der Waals surface area (Å²) in [6, 6.07) is 16.8. The Morgan fingerprint density at radius 2 is 1.75 bits per heavy atom. The van der Waals surface area contributed by atoms with Crippen LogP contribution in [-0.4, -0.2) is 77.4 Å². The average Bonchev–Trinajstić information content (AvgIpc) is 3.45. The number of halogens is 3. The second-order valence-corrected chi connectivity index (χ2v) is 15.7. The van der Waals surface area contributed by atoms with Crippen molar-refractivity contribution in [2.75, 3.05) is 33.4 Å². The molecule has 16 heteroatoms. The molecule has 2 unspecified atom stereocenters. The highest BCUT2D eigenvalue weighted by atomic mass is 35.5.